The maximum Gasteiger partial charge on any atom is 0.274 e. The van der Waals surface area contributed by atoms with Gasteiger partial charge in [-0.3, -0.25) is 19.2 Å². The molecule has 0 bridgehead atoms. The van der Waals surface area contributed by atoms with Crippen LogP contribution in [0.5, 0.6) is 5.88 Å². The van der Waals surface area contributed by atoms with Gasteiger partial charge in [-0.05, 0) is 71.6 Å². The number of β-amino-alcohol motifs (C(OH)–C–C–N with tert-alkyl or cyclic N) is 1. The van der Waals surface area contributed by atoms with E-state index in [4.69, 9.17) is 9.26 Å². The molecule has 0 saturated carbocycles. The first-order valence-electron chi connectivity index (χ1n) is 24.7. The van der Waals surface area contributed by atoms with Gasteiger partial charge in [0.25, 0.3) is 23.3 Å². The number of halogens is 2. The largest absolute Gasteiger partial charge is 0.476 e. The van der Waals surface area contributed by atoms with Gasteiger partial charge in [-0.15, -0.1) is 11.3 Å². The molecule has 0 radical (unpaired) electrons. The first kappa shape index (κ1) is 51.8. The van der Waals surface area contributed by atoms with Gasteiger partial charge in [0.15, 0.2) is 27.2 Å². The Morgan fingerprint density at radius 1 is 1.05 bits per heavy atom. The van der Waals surface area contributed by atoms with Gasteiger partial charge >= 0.3 is 0 Å². The maximum atomic E-state index is 15.6. The number of hydrogen-bond acceptors (Lipinski definition) is 15. The number of aliphatic hydroxyl groups excluding tert-OH is 1. The summed E-state index contributed by atoms with van der Waals surface area (Å²) in [7, 11) is -2.13. The lowest BCUT2D eigenvalue weighted by atomic mass is 9.91. The molecule has 1 saturated heterocycles. The van der Waals surface area contributed by atoms with Crippen molar-refractivity contribution >= 4 is 67.1 Å². The molecule has 3 aliphatic rings. The molecular formula is C53H54F2N10O9S2. The Labute approximate surface area is 438 Å². The molecule has 396 valence electrons. The number of likely N-dealkylation sites (tertiary alicyclic amines) is 1. The average Bonchev–Trinajstić information content (AvgIpc) is 4.27. The quantitative estimate of drug-likeness (QED) is 0.0688. The fourth-order valence-electron chi connectivity index (χ4n) is 10.3. The Morgan fingerprint density at radius 2 is 1.84 bits per heavy atom. The van der Waals surface area contributed by atoms with E-state index in [1.54, 1.807) is 42.0 Å². The molecule has 3 aliphatic heterocycles. The average molecular weight is 1080 g/mol. The SMILES string of the molecule is Cc1ncsc1-c1ccc(C2NC([C@H]3C[C@@H](O)CN3C(=O)[C@@H](c3cc(OCCCCCNC(=O)c4cc5c(cc4CS(C)(=O)=O)-c4cn(C)c(=O)c6[nH]cc(c46)CN5c4ncc(F)cc4F)no3)C(C)C)=NC2=O)cc1. The Hall–Kier alpha value is -7.63. The minimum Gasteiger partial charge on any atom is -0.476 e. The number of nitrogens with one attached hydrogen (secondary N) is 3. The summed E-state index contributed by atoms with van der Waals surface area (Å²) in [6.07, 6.45) is 6.14. The number of unbranched alkanes of at least 4 members (excludes halogenated alkanes) is 2. The van der Waals surface area contributed by atoms with Crippen LogP contribution in [0.15, 0.2) is 86.9 Å². The van der Waals surface area contributed by atoms with Crippen molar-refractivity contribution in [3.05, 3.63) is 128 Å². The van der Waals surface area contributed by atoms with E-state index in [9.17, 15) is 37.1 Å². The third kappa shape index (κ3) is 10.2. The summed E-state index contributed by atoms with van der Waals surface area (Å²) >= 11 is 1.54. The van der Waals surface area contributed by atoms with Crippen LogP contribution < -0.4 is 25.8 Å². The number of carbonyl (C=O) groups excluding carboxylic acids is 3. The molecule has 2 aromatic carbocycles. The van der Waals surface area contributed by atoms with Gasteiger partial charge in [0.1, 0.15) is 29.1 Å². The molecule has 0 spiro atoms. The summed E-state index contributed by atoms with van der Waals surface area (Å²) in [6, 6.07) is 11.5. The van der Waals surface area contributed by atoms with Crippen molar-refractivity contribution < 1.29 is 45.9 Å². The van der Waals surface area contributed by atoms with Gasteiger partial charge in [-0.2, -0.15) is 4.99 Å². The summed E-state index contributed by atoms with van der Waals surface area (Å²) in [5.41, 5.74) is 6.41. The van der Waals surface area contributed by atoms with Crippen LogP contribution in [-0.2, 0) is 38.8 Å². The molecule has 76 heavy (non-hydrogen) atoms. The van der Waals surface area contributed by atoms with Crippen molar-refractivity contribution in [2.45, 2.75) is 82.9 Å². The van der Waals surface area contributed by atoms with Crippen LogP contribution in [0.1, 0.15) is 90.0 Å². The number of aryl methyl sites for hydroxylation is 2. The molecule has 10 rings (SSSR count). The second-order valence-electron chi connectivity index (χ2n) is 19.8. The fraction of sp³-hybridized carbons (Fsp3) is 0.358. The molecule has 5 aromatic heterocycles. The number of benzene rings is 2. The predicted octanol–water partition coefficient (Wildman–Crippen LogP) is 6.77. The van der Waals surface area contributed by atoms with Gasteiger partial charge in [-0.25, -0.2) is 27.2 Å². The number of hydrogen-bond donors (Lipinski definition) is 4. The first-order valence-corrected chi connectivity index (χ1v) is 27.7. The maximum absolute atomic E-state index is 15.6. The van der Waals surface area contributed by atoms with E-state index < -0.39 is 63.1 Å². The summed E-state index contributed by atoms with van der Waals surface area (Å²) < 4.78 is 68.4. The number of pyridine rings is 2. The zero-order valence-electron chi connectivity index (χ0n) is 42.1. The third-order valence-corrected chi connectivity index (χ3v) is 15.7. The number of carbonyl (C=O) groups is 3. The monoisotopic (exact) mass is 1080 g/mol. The van der Waals surface area contributed by atoms with Crippen LogP contribution >= 0.6 is 11.3 Å². The lowest BCUT2D eigenvalue weighted by Gasteiger charge is -2.29. The van der Waals surface area contributed by atoms with Crippen molar-refractivity contribution in [2.75, 3.05) is 30.9 Å². The summed E-state index contributed by atoms with van der Waals surface area (Å²) in [5.74, 6) is -4.18. The number of thiazole rings is 1. The highest BCUT2D eigenvalue weighted by molar-refractivity contribution is 7.89. The van der Waals surface area contributed by atoms with Crippen molar-refractivity contribution in [1.82, 2.24) is 40.2 Å². The number of aromatic amines is 1. The van der Waals surface area contributed by atoms with Gasteiger partial charge in [0.05, 0.1) is 59.0 Å². The Morgan fingerprint density at radius 3 is 2.57 bits per heavy atom. The summed E-state index contributed by atoms with van der Waals surface area (Å²) in [4.78, 5) is 74.7. The minimum atomic E-state index is -3.70. The number of anilines is 2. The molecule has 23 heteroatoms. The number of fused-ring (bicyclic) bond motifs is 2. The zero-order valence-corrected chi connectivity index (χ0v) is 43.7. The molecule has 8 heterocycles. The molecule has 1 fully saturated rings. The second-order valence-corrected chi connectivity index (χ2v) is 22.8. The smallest absolute Gasteiger partial charge is 0.274 e. The third-order valence-electron chi connectivity index (χ3n) is 13.9. The molecule has 0 aliphatic carbocycles. The number of amides is 3. The lowest BCUT2D eigenvalue weighted by Crippen LogP contribution is -2.47. The van der Waals surface area contributed by atoms with E-state index in [0.717, 1.165) is 34.2 Å². The number of aliphatic imine (C=N–C) groups is 1. The number of amidine groups is 1. The number of rotatable bonds is 17. The van der Waals surface area contributed by atoms with Crippen LogP contribution in [0.4, 0.5) is 20.3 Å². The molecule has 7 aromatic rings. The number of H-pyrrole nitrogens is 1. The number of sulfone groups is 1. The molecule has 4 atom stereocenters. The van der Waals surface area contributed by atoms with E-state index in [2.05, 4.69) is 35.7 Å². The summed E-state index contributed by atoms with van der Waals surface area (Å²) in [6.45, 7) is 6.12. The van der Waals surface area contributed by atoms with Crippen molar-refractivity contribution in [2.24, 2.45) is 18.0 Å². The van der Waals surface area contributed by atoms with Crippen LogP contribution in [0.25, 0.3) is 32.5 Å². The molecule has 3 amide bonds. The lowest BCUT2D eigenvalue weighted by molar-refractivity contribution is -0.134. The molecular weight excluding hydrogens is 1020 g/mol. The number of aromatic nitrogens is 5. The van der Waals surface area contributed by atoms with Crippen LogP contribution in [0.3, 0.4) is 0 Å². The zero-order chi connectivity index (χ0) is 53.7. The fourth-order valence-corrected chi connectivity index (χ4v) is 11.9. The van der Waals surface area contributed by atoms with E-state index in [1.807, 2.05) is 45.0 Å². The van der Waals surface area contributed by atoms with E-state index in [0.29, 0.717) is 53.2 Å². The van der Waals surface area contributed by atoms with Gasteiger partial charge < -0.3 is 44.4 Å². The standard InChI is InChI=1S/C53H54F2N10O9S2/c1-27(2)43(52(69)65-23-34(66)17-40(65)48-60-45(51(68)61-48)29-9-11-30(12-10-29)47-28(3)59-26-75-47)41-19-42(62-74-41)73-14-8-6-7-13-56-50(67)35-18-39-36(15-31(35)25-76(5,71)72)37-24-63(4)53(70)46-44(37)32(20-57-46)22-64(39)49-38(55)16-33(54)21-58-49/h9-12,15-16,18-21,24,26-27,34,40,43,45,57,66H,6-8,13-14,17,22-23,25H2,1-5H3,(H,56,67)(H,60,61,68)/t34-,40-,43-,45?/m1/s1. The van der Waals surface area contributed by atoms with E-state index >= 15 is 4.39 Å². The van der Waals surface area contributed by atoms with Crippen molar-refractivity contribution in [1.29, 1.82) is 0 Å². The predicted molar refractivity (Wildman–Crippen MR) is 280 cm³/mol. The van der Waals surface area contributed by atoms with Crippen LogP contribution in [0, 0.1) is 24.5 Å². The first-order chi connectivity index (χ1) is 36.3. The number of aliphatic hydroxyl groups is 1. The van der Waals surface area contributed by atoms with Crippen LogP contribution in [-0.4, -0.2) is 105 Å². The summed E-state index contributed by atoms with van der Waals surface area (Å²) in [5, 5.41) is 21.6. The Balaban J connectivity index is 0.771. The topological polar surface area (TPSA) is 247 Å². The Bertz CT molecular complexity index is 3630. The van der Waals surface area contributed by atoms with E-state index in [-0.39, 0.29) is 89.8 Å². The van der Waals surface area contributed by atoms with Gasteiger partial charge in [0.2, 0.25) is 5.91 Å². The van der Waals surface area contributed by atoms with Gasteiger partial charge in [-0.1, -0.05) is 38.1 Å². The molecule has 1 unspecified atom stereocenters. The molecule has 4 N–H and O–H groups in total. The van der Waals surface area contributed by atoms with E-state index in [1.165, 1.54) is 26.9 Å². The minimum absolute atomic E-state index is 0.0265. The number of nitrogens with zero attached hydrogens (tertiary/aromatic N) is 7. The Kier molecular flexibility index (Phi) is 14.2. The highest BCUT2D eigenvalue weighted by Gasteiger charge is 2.45. The highest BCUT2D eigenvalue weighted by Crippen LogP contribution is 2.45. The molecule has 19 nitrogen and oxygen atoms in total. The second kappa shape index (κ2) is 20.8. The van der Waals surface area contributed by atoms with Crippen molar-refractivity contribution in [3.63, 3.8) is 0 Å². The normalized spacial score (nSPS) is 17.7. The van der Waals surface area contributed by atoms with Crippen LogP contribution in [0.2, 0.25) is 0 Å². The number of ether oxygens (including phenoxy) is 1. The van der Waals surface area contributed by atoms with Gasteiger partial charge in [0, 0.05) is 79.4 Å². The highest BCUT2D eigenvalue weighted by atomic mass is 32.2. The van der Waals surface area contributed by atoms with Crippen molar-refractivity contribution in [3.8, 4) is 27.4 Å².